The lowest BCUT2D eigenvalue weighted by Gasteiger charge is -2.17. The molecular weight excluding hydrogens is 245 g/mol. The summed E-state index contributed by atoms with van der Waals surface area (Å²) in [4.78, 5) is 13.3. The second kappa shape index (κ2) is 6.57. The van der Waals surface area contributed by atoms with Crippen molar-refractivity contribution >= 4 is 17.5 Å². The third-order valence-electron chi connectivity index (χ3n) is 2.28. The van der Waals surface area contributed by atoms with Crippen LogP contribution in [0, 0.1) is 5.82 Å². The molecule has 0 radical (unpaired) electrons. The molecule has 1 rings (SSSR count). The molecule has 0 aromatic heterocycles. The molecule has 17 heavy (non-hydrogen) atoms. The van der Waals surface area contributed by atoms with Gasteiger partial charge in [0.1, 0.15) is 5.82 Å². The van der Waals surface area contributed by atoms with E-state index >= 15 is 0 Å². The van der Waals surface area contributed by atoms with Crippen LogP contribution >= 0.6 is 11.6 Å². The molecule has 94 valence electrons. The smallest absolute Gasteiger partial charge is 0.256 e. The first kappa shape index (κ1) is 13.9. The number of likely N-dealkylation sites (N-methyl/N-ethyl adjacent to an activating group) is 1. The average Bonchev–Trinajstić information content (AvgIpc) is 2.31. The van der Waals surface area contributed by atoms with Crippen LogP contribution in [-0.4, -0.2) is 37.6 Å². The summed E-state index contributed by atoms with van der Waals surface area (Å²) in [6.07, 6.45) is 0. The van der Waals surface area contributed by atoms with E-state index in [2.05, 4.69) is 0 Å². The van der Waals surface area contributed by atoms with Gasteiger partial charge in [-0.3, -0.25) is 4.79 Å². The number of nitrogens with zero attached hydrogens (tertiary/aromatic N) is 1. The highest BCUT2D eigenvalue weighted by atomic mass is 35.5. The van der Waals surface area contributed by atoms with Crippen LogP contribution in [0.15, 0.2) is 18.2 Å². The highest BCUT2D eigenvalue weighted by Crippen LogP contribution is 2.16. The number of ether oxygens (including phenoxy) is 1. The average molecular weight is 260 g/mol. The lowest BCUT2D eigenvalue weighted by Crippen LogP contribution is -2.30. The quantitative estimate of drug-likeness (QED) is 0.761. The van der Waals surface area contributed by atoms with E-state index in [0.29, 0.717) is 24.8 Å². The maximum atomic E-state index is 13.4. The van der Waals surface area contributed by atoms with Gasteiger partial charge >= 0.3 is 0 Å². The number of benzene rings is 1. The van der Waals surface area contributed by atoms with Crippen molar-refractivity contribution in [3.05, 3.63) is 34.6 Å². The molecule has 0 atom stereocenters. The van der Waals surface area contributed by atoms with Crippen LogP contribution < -0.4 is 0 Å². The van der Waals surface area contributed by atoms with Crippen molar-refractivity contribution in [2.75, 3.05) is 26.8 Å². The number of carbonyl (C=O) groups is 1. The van der Waals surface area contributed by atoms with Crippen molar-refractivity contribution in [2.24, 2.45) is 0 Å². The van der Waals surface area contributed by atoms with E-state index in [1.807, 2.05) is 6.92 Å². The third-order valence-corrected chi connectivity index (χ3v) is 2.52. The molecule has 0 saturated heterocycles. The Bertz CT molecular complexity index is 398. The zero-order valence-electron chi connectivity index (χ0n) is 9.87. The Morgan fingerprint density at radius 2 is 2.24 bits per heavy atom. The summed E-state index contributed by atoms with van der Waals surface area (Å²) >= 11 is 5.73. The summed E-state index contributed by atoms with van der Waals surface area (Å²) in [5, 5.41) is 0.341. The van der Waals surface area contributed by atoms with Crippen molar-refractivity contribution in [3.63, 3.8) is 0 Å². The minimum Gasteiger partial charge on any atom is -0.380 e. The maximum Gasteiger partial charge on any atom is 0.256 e. The minimum atomic E-state index is -0.567. The van der Waals surface area contributed by atoms with E-state index in [9.17, 15) is 9.18 Å². The predicted molar refractivity (Wildman–Crippen MR) is 64.9 cm³/mol. The maximum absolute atomic E-state index is 13.4. The molecule has 0 aliphatic heterocycles. The molecule has 0 N–H and O–H groups in total. The first-order chi connectivity index (χ1) is 8.06. The lowest BCUT2D eigenvalue weighted by molar-refractivity contribution is 0.0705. The molecule has 0 bridgehead atoms. The van der Waals surface area contributed by atoms with Gasteiger partial charge in [0.05, 0.1) is 12.2 Å². The fourth-order valence-corrected chi connectivity index (χ4v) is 1.49. The van der Waals surface area contributed by atoms with Crippen LogP contribution in [0.5, 0.6) is 0 Å². The van der Waals surface area contributed by atoms with Gasteiger partial charge in [0.25, 0.3) is 5.91 Å². The lowest BCUT2D eigenvalue weighted by atomic mass is 10.2. The second-order valence-electron chi connectivity index (χ2n) is 3.55. The summed E-state index contributed by atoms with van der Waals surface area (Å²) in [5.74, 6) is -0.965. The number of rotatable bonds is 5. The highest BCUT2D eigenvalue weighted by Gasteiger charge is 2.16. The van der Waals surface area contributed by atoms with Crippen LogP contribution in [0.3, 0.4) is 0 Å². The SMILES string of the molecule is CCOCCN(C)C(=O)c1cc(Cl)ccc1F. The van der Waals surface area contributed by atoms with Gasteiger partial charge in [0, 0.05) is 25.2 Å². The molecule has 0 aliphatic carbocycles. The molecule has 0 heterocycles. The van der Waals surface area contributed by atoms with Gasteiger partial charge in [-0.2, -0.15) is 0 Å². The molecule has 0 spiro atoms. The fourth-order valence-electron chi connectivity index (χ4n) is 1.31. The molecular formula is C12H15ClFNO2. The Balaban J connectivity index is 2.71. The number of amides is 1. The third kappa shape index (κ3) is 3.98. The normalized spacial score (nSPS) is 10.4. The van der Waals surface area contributed by atoms with Crippen LogP contribution in [0.25, 0.3) is 0 Å². The Labute approximate surface area is 105 Å². The van der Waals surface area contributed by atoms with E-state index in [-0.39, 0.29) is 5.56 Å². The zero-order valence-corrected chi connectivity index (χ0v) is 10.6. The number of hydrogen-bond acceptors (Lipinski definition) is 2. The van der Waals surface area contributed by atoms with Crippen LogP contribution in [0.1, 0.15) is 17.3 Å². The standard InChI is InChI=1S/C12H15ClFNO2/c1-3-17-7-6-15(2)12(16)10-8-9(13)4-5-11(10)14/h4-5,8H,3,6-7H2,1-2H3. The van der Waals surface area contributed by atoms with Crippen LogP contribution in [0.4, 0.5) is 4.39 Å². The van der Waals surface area contributed by atoms with Gasteiger partial charge in [-0.25, -0.2) is 4.39 Å². The van der Waals surface area contributed by atoms with E-state index in [0.717, 1.165) is 0 Å². The number of carbonyl (C=O) groups excluding carboxylic acids is 1. The van der Waals surface area contributed by atoms with Crippen molar-refractivity contribution in [2.45, 2.75) is 6.92 Å². The first-order valence-corrected chi connectivity index (χ1v) is 5.72. The van der Waals surface area contributed by atoms with E-state index in [4.69, 9.17) is 16.3 Å². The van der Waals surface area contributed by atoms with Crippen molar-refractivity contribution in [1.82, 2.24) is 4.90 Å². The Hall–Kier alpha value is -1.13. The predicted octanol–water partition coefficient (Wildman–Crippen LogP) is 2.59. The van der Waals surface area contributed by atoms with E-state index < -0.39 is 11.7 Å². The second-order valence-corrected chi connectivity index (χ2v) is 3.98. The molecule has 1 aromatic rings. The summed E-state index contributed by atoms with van der Waals surface area (Å²) in [7, 11) is 1.60. The molecule has 3 nitrogen and oxygen atoms in total. The molecule has 1 aromatic carbocycles. The molecule has 5 heteroatoms. The van der Waals surface area contributed by atoms with Crippen LogP contribution in [0.2, 0.25) is 5.02 Å². The van der Waals surface area contributed by atoms with Gasteiger partial charge in [-0.05, 0) is 25.1 Å². The van der Waals surface area contributed by atoms with E-state index in [1.54, 1.807) is 7.05 Å². The van der Waals surface area contributed by atoms with Crippen molar-refractivity contribution in [1.29, 1.82) is 0 Å². The van der Waals surface area contributed by atoms with Crippen LogP contribution in [-0.2, 0) is 4.74 Å². The number of hydrogen-bond donors (Lipinski definition) is 0. The van der Waals surface area contributed by atoms with E-state index in [1.165, 1.54) is 23.1 Å². The van der Waals surface area contributed by atoms with Gasteiger partial charge in [0.15, 0.2) is 0 Å². The van der Waals surface area contributed by atoms with Gasteiger partial charge in [-0.15, -0.1) is 0 Å². The van der Waals surface area contributed by atoms with Crippen molar-refractivity contribution < 1.29 is 13.9 Å². The molecule has 0 saturated carbocycles. The monoisotopic (exact) mass is 259 g/mol. The summed E-state index contributed by atoms with van der Waals surface area (Å²) in [6.45, 7) is 3.31. The minimum absolute atomic E-state index is 0.0171. The highest BCUT2D eigenvalue weighted by molar-refractivity contribution is 6.30. The van der Waals surface area contributed by atoms with Gasteiger partial charge in [-0.1, -0.05) is 11.6 Å². The topological polar surface area (TPSA) is 29.5 Å². The summed E-state index contributed by atoms with van der Waals surface area (Å²) in [5.41, 5.74) is -0.0171. The number of halogens is 2. The molecule has 1 amide bonds. The molecule has 0 unspecified atom stereocenters. The Morgan fingerprint density at radius 1 is 1.53 bits per heavy atom. The first-order valence-electron chi connectivity index (χ1n) is 5.34. The van der Waals surface area contributed by atoms with Gasteiger partial charge in [0.2, 0.25) is 0 Å². The fraction of sp³-hybridized carbons (Fsp3) is 0.417. The summed E-state index contributed by atoms with van der Waals surface area (Å²) in [6, 6.07) is 3.93. The molecule has 0 aliphatic rings. The summed E-state index contributed by atoms with van der Waals surface area (Å²) < 4.78 is 18.6. The Morgan fingerprint density at radius 3 is 2.88 bits per heavy atom. The van der Waals surface area contributed by atoms with Crippen molar-refractivity contribution in [3.8, 4) is 0 Å². The largest absolute Gasteiger partial charge is 0.380 e. The zero-order chi connectivity index (χ0) is 12.8. The van der Waals surface area contributed by atoms with Gasteiger partial charge < -0.3 is 9.64 Å². The Kier molecular flexibility index (Phi) is 5.38. The molecule has 0 fully saturated rings.